The normalized spacial score (nSPS) is 19.3. The van der Waals surface area contributed by atoms with E-state index in [9.17, 15) is 18.0 Å². The molecule has 232 valence electrons. The Kier molecular flexibility index (Phi) is 10.3. The first-order chi connectivity index (χ1) is 20.8. The maximum absolute atomic E-state index is 14.0. The summed E-state index contributed by atoms with van der Waals surface area (Å²) in [5, 5.41) is 1.81. The van der Waals surface area contributed by atoms with E-state index in [0.717, 1.165) is 53.7 Å². The summed E-state index contributed by atoms with van der Waals surface area (Å²) in [6, 6.07) is 9.60. The van der Waals surface area contributed by atoms with Crippen LogP contribution in [0.5, 0.6) is 0 Å². The van der Waals surface area contributed by atoms with Crippen molar-refractivity contribution < 1.29 is 46.4 Å². The molecular weight excluding hydrogens is 571 g/mol. The van der Waals surface area contributed by atoms with Gasteiger partial charge in [0.05, 0.1) is 12.1 Å². The molecule has 0 spiro atoms. The standard InChI is InChI=1S/C30H34F3N3O7/c1-21-8-13-26(22-9-11-24(12-10-22)30(31,32)33)23(16-21)17-35(42-27-6-2-4-14-39-27)29(37)36(41-19-25-18-38-20-34-25)43-28-7-3-5-15-40-28/h8-13,16,18,20,27-28H,2-7,14-15,17,19H2,1H3. The maximum Gasteiger partial charge on any atom is 0.416 e. The van der Waals surface area contributed by atoms with Crippen LogP contribution in [0.2, 0.25) is 0 Å². The summed E-state index contributed by atoms with van der Waals surface area (Å²) in [6.07, 6.45) is 1.34. The Bertz CT molecular complexity index is 1310. The van der Waals surface area contributed by atoms with Crippen molar-refractivity contribution in [3.05, 3.63) is 77.5 Å². The Morgan fingerprint density at radius 1 is 0.977 bits per heavy atom. The second-order valence-corrected chi connectivity index (χ2v) is 10.4. The van der Waals surface area contributed by atoms with Crippen LogP contribution in [-0.4, -0.2) is 47.1 Å². The fraction of sp³-hybridized carbons (Fsp3) is 0.467. The third-order valence-corrected chi connectivity index (χ3v) is 7.01. The van der Waals surface area contributed by atoms with Gasteiger partial charge in [0.2, 0.25) is 0 Å². The molecule has 2 saturated heterocycles. The molecule has 2 amide bonds. The van der Waals surface area contributed by atoms with Gasteiger partial charge in [-0.05, 0) is 61.4 Å². The molecule has 2 aromatic carbocycles. The first kappa shape index (κ1) is 31.0. The van der Waals surface area contributed by atoms with E-state index in [1.807, 2.05) is 19.1 Å². The number of urea groups is 1. The molecule has 3 aromatic rings. The van der Waals surface area contributed by atoms with E-state index in [0.29, 0.717) is 48.4 Å². The van der Waals surface area contributed by atoms with Crippen molar-refractivity contribution in [3.8, 4) is 11.1 Å². The zero-order valence-electron chi connectivity index (χ0n) is 23.8. The topological polar surface area (TPSA) is 95.7 Å². The molecule has 10 nitrogen and oxygen atoms in total. The second-order valence-electron chi connectivity index (χ2n) is 10.4. The van der Waals surface area contributed by atoms with E-state index in [-0.39, 0.29) is 13.2 Å². The number of rotatable bonds is 10. The van der Waals surface area contributed by atoms with Gasteiger partial charge >= 0.3 is 12.2 Å². The van der Waals surface area contributed by atoms with Crippen LogP contribution in [0, 0.1) is 6.92 Å². The van der Waals surface area contributed by atoms with E-state index in [4.69, 9.17) is 28.4 Å². The first-order valence-corrected chi connectivity index (χ1v) is 14.2. The van der Waals surface area contributed by atoms with Gasteiger partial charge in [-0.1, -0.05) is 41.1 Å². The summed E-state index contributed by atoms with van der Waals surface area (Å²) in [7, 11) is 0. The third-order valence-electron chi connectivity index (χ3n) is 7.01. The number of hydrogen-bond donors (Lipinski definition) is 0. The highest BCUT2D eigenvalue weighted by molar-refractivity contribution is 5.73. The molecule has 2 fully saturated rings. The van der Waals surface area contributed by atoms with E-state index >= 15 is 0 Å². The Labute approximate surface area is 247 Å². The summed E-state index contributed by atoms with van der Waals surface area (Å²) in [5.74, 6) is 0. The molecule has 13 heteroatoms. The number of benzene rings is 2. The molecule has 3 heterocycles. The highest BCUT2D eigenvalue weighted by Crippen LogP contribution is 2.33. The summed E-state index contributed by atoms with van der Waals surface area (Å²) < 4.78 is 56.1. The van der Waals surface area contributed by atoms with E-state index < -0.39 is 30.4 Å². The van der Waals surface area contributed by atoms with Crippen LogP contribution in [0.4, 0.5) is 18.0 Å². The predicted molar refractivity (Wildman–Crippen MR) is 145 cm³/mol. The summed E-state index contributed by atoms with van der Waals surface area (Å²) in [6.45, 7) is 2.62. The van der Waals surface area contributed by atoms with Crippen LogP contribution in [0.3, 0.4) is 0 Å². The molecule has 2 atom stereocenters. The van der Waals surface area contributed by atoms with Crippen LogP contribution < -0.4 is 0 Å². The fourth-order valence-corrected chi connectivity index (χ4v) is 4.77. The quantitative estimate of drug-likeness (QED) is 0.229. The lowest BCUT2D eigenvalue weighted by Gasteiger charge is -2.34. The van der Waals surface area contributed by atoms with Gasteiger partial charge in [0.25, 0.3) is 0 Å². The van der Waals surface area contributed by atoms with Crippen LogP contribution >= 0.6 is 0 Å². The number of hydroxylamine groups is 4. The number of aryl methyl sites for hydroxylation is 1. The van der Waals surface area contributed by atoms with Gasteiger partial charge in [0.15, 0.2) is 19.0 Å². The molecule has 0 bridgehead atoms. The predicted octanol–water partition coefficient (Wildman–Crippen LogP) is 6.94. The molecule has 0 saturated carbocycles. The van der Waals surface area contributed by atoms with Crippen molar-refractivity contribution in [2.75, 3.05) is 13.2 Å². The molecule has 43 heavy (non-hydrogen) atoms. The number of amides is 2. The van der Waals surface area contributed by atoms with Crippen LogP contribution in [0.15, 0.2) is 59.5 Å². The molecule has 0 radical (unpaired) electrons. The minimum absolute atomic E-state index is 0.0879. The largest absolute Gasteiger partial charge is 0.451 e. The molecule has 2 unspecified atom stereocenters. The van der Waals surface area contributed by atoms with Crippen molar-refractivity contribution in [3.63, 3.8) is 0 Å². The number of aromatic nitrogens is 1. The van der Waals surface area contributed by atoms with Crippen LogP contribution in [0.1, 0.15) is 60.9 Å². The first-order valence-electron chi connectivity index (χ1n) is 14.2. The van der Waals surface area contributed by atoms with Crippen molar-refractivity contribution in [2.45, 2.75) is 77.4 Å². The molecule has 2 aliphatic rings. The van der Waals surface area contributed by atoms with Gasteiger partial charge in [0.1, 0.15) is 18.6 Å². The average molecular weight is 606 g/mol. The van der Waals surface area contributed by atoms with Gasteiger partial charge in [0, 0.05) is 26.1 Å². The minimum Gasteiger partial charge on any atom is -0.451 e. The summed E-state index contributed by atoms with van der Waals surface area (Å²) in [4.78, 5) is 35.7. The monoisotopic (exact) mass is 605 g/mol. The lowest BCUT2D eigenvalue weighted by molar-refractivity contribution is -0.406. The molecule has 1 aromatic heterocycles. The number of hydrogen-bond acceptors (Lipinski definition) is 8. The van der Waals surface area contributed by atoms with Gasteiger partial charge in [-0.15, -0.1) is 0 Å². The van der Waals surface area contributed by atoms with Gasteiger partial charge in [-0.25, -0.2) is 24.3 Å². The van der Waals surface area contributed by atoms with Crippen LogP contribution in [-0.2, 0) is 43.3 Å². The SMILES string of the molecule is Cc1ccc(-c2ccc(C(F)(F)F)cc2)c(CN(OC2CCCCO2)C(=O)N(OCc2cocn2)OC2CCCCO2)c1. The van der Waals surface area contributed by atoms with Crippen molar-refractivity contribution in [2.24, 2.45) is 0 Å². The fourth-order valence-electron chi connectivity index (χ4n) is 4.77. The Balaban J connectivity index is 1.43. The summed E-state index contributed by atoms with van der Waals surface area (Å²) in [5.41, 5.74) is 2.39. The number of alkyl halides is 3. The Hall–Kier alpha value is -3.49. The van der Waals surface area contributed by atoms with Crippen LogP contribution in [0.25, 0.3) is 11.1 Å². The number of carbonyl (C=O) groups excluding carboxylic acids is 1. The highest BCUT2D eigenvalue weighted by atomic mass is 19.4. The van der Waals surface area contributed by atoms with Gasteiger partial charge < -0.3 is 13.9 Å². The molecular formula is C30H34F3N3O7. The second kappa shape index (κ2) is 14.3. The Morgan fingerprint density at radius 3 is 2.28 bits per heavy atom. The zero-order valence-corrected chi connectivity index (χ0v) is 23.8. The minimum atomic E-state index is -4.46. The Morgan fingerprint density at radius 2 is 1.67 bits per heavy atom. The van der Waals surface area contributed by atoms with Crippen molar-refractivity contribution >= 4 is 6.03 Å². The third kappa shape index (κ3) is 8.54. The van der Waals surface area contributed by atoms with Gasteiger partial charge in [-0.3, -0.25) is 0 Å². The number of carbonyl (C=O) groups is 1. The number of ether oxygens (including phenoxy) is 2. The molecule has 0 N–H and O–H groups in total. The smallest absolute Gasteiger partial charge is 0.416 e. The number of nitrogens with zero attached hydrogens (tertiary/aromatic N) is 3. The molecule has 2 aliphatic heterocycles. The summed E-state index contributed by atoms with van der Waals surface area (Å²) >= 11 is 0. The average Bonchev–Trinajstić information content (AvgIpc) is 3.53. The van der Waals surface area contributed by atoms with Crippen molar-refractivity contribution in [1.82, 2.24) is 15.3 Å². The van der Waals surface area contributed by atoms with Gasteiger partial charge in [-0.2, -0.15) is 18.2 Å². The van der Waals surface area contributed by atoms with E-state index in [1.165, 1.54) is 24.8 Å². The van der Waals surface area contributed by atoms with E-state index in [2.05, 4.69) is 4.98 Å². The number of oxazole rings is 1. The highest BCUT2D eigenvalue weighted by Gasteiger charge is 2.33. The lowest BCUT2D eigenvalue weighted by Crippen LogP contribution is -2.47. The maximum atomic E-state index is 14.0. The molecule has 0 aliphatic carbocycles. The molecule has 5 rings (SSSR count). The van der Waals surface area contributed by atoms with E-state index in [1.54, 1.807) is 6.07 Å². The lowest BCUT2D eigenvalue weighted by atomic mass is 9.96. The number of halogens is 3. The van der Waals surface area contributed by atoms with Crippen molar-refractivity contribution in [1.29, 1.82) is 0 Å². The zero-order chi connectivity index (χ0) is 30.2.